The zero-order valence-electron chi connectivity index (χ0n) is 9.84. The van der Waals surface area contributed by atoms with E-state index >= 15 is 0 Å². The van der Waals surface area contributed by atoms with E-state index in [-0.39, 0.29) is 24.4 Å². The maximum Gasteiger partial charge on any atom is 0.243 e. The number of hydrogen-bond acceptors (Lipinski definition) is 8. The Morgan fingerprint density at radius 3 is 2.94 bits per heavy atom. The molecule has 1 atom stereocenters. The number of aromatic nitrogens is 2. The fourth-order valence-corrected chi connectivity index (χ4v) is 2.56. The highest BCUT2D eigenvalue weighted by Crippen LogP contribution is 2.18. The second kappa shape index (κ2) is 5.38. The zero-order valence-corrected chi connectivity index (χ0v) is 10.7. The van der Waals surface area contributed by atoms with Gasteiger partial charge in [-0.25, -0.2) is 5.84 Å². The number of nitrogens with two attached hydrogens (primary N) is 1. The van der Waals surface area contributed by atoms with Crippen LogP contribution in [0.2, 0.25) is 0 Å². The summed E-state index contributed by atoms with van der Waals surface area (Å²) in [5.74, 6) is 4.68. The van der Waals surface area contributed by atoms with E-state index in [9.17, 15) is 9.59 Å². The zero-order chi connectivity index (χ0) is 13.1. The maximum atomic E-state index is 11.7. The predicted octanol–water partition coefficient (Wildman–Crippen LogP) is -0.939. The third-order valence-electron chi connectivity index (χ3n) is 2.67. The van der Waals surface area contributed by atoms with Crippen molar-refractivity contribution >= 4 is 28.3 Å². The average Bonchev–Trinajstić information content (AvgIpc) is 2.76. The molecule has 1 aliphatic heterocycles. The van der Waals surface area contributed by atoms with Gasteiger partial charge in [-0.3, -0.25) is 25.2 Å². The molecule has 1 unspecified atom stereocenters. The van der Waals surface area contributed by atoms with E-state index in [1.807, 2.05) is 6.92 Å². The fraction of sp³-hybridized carbons (Fsp3) is 0.556. The standard InChI is InChI=1S/C9H14N6O2S/c1-2-5-8(17)11-6(16)3-15(5)4-7-13-14-9(12-10)18-7/h5H,2-4,10H2,1H3,(H,12,14)(H,11,16,17). The van der Waals surface area contributed by atoms with Crippen LogP contribution in [0.1, 0.15) is 18.4 Å². The quantitative estimate of drug-likeness (QED) is 0.367. The first-order valence-corrected chi connectivity index (χ1v) is 6.32. The number of anilines is 1. The number of carbonyl (C=O) groups excluding carboxylic acids is 2. The van der Waals surface area contributed by atoms with Crippen molar-refractivity contribution in [3.8, 4) is 0 Å². The average molecular weight is 270 g/mol. The smallest absolute Gasteiger partial charge is 0.243 e. The highest BCUT2D eigenvalue weighted by molar-refractivity contribution is 7.15. The molecular weight excluding hydrogens is 256 g/mol. The lowest BCUT2D eigenvalue weighted by molar-refractivity contribution is -0.140. The van der Waals surface area contributed by atoms with Crippen LogP contribution in [0.5, 0.6) is 0 Å². The van der Waals surface area contributed by atoms with Crippen molar-refractivity contribution in [2.24, 2.45) is 5.84 Å². The number of nitrogens with zero attached hydrogens (tertiary/aromatic N) is 3. The third kappa shape index (κ3) is 2.63. The summed E-state index contributed by atoms with van der Waals surface area (Å²) in [5, 5.41) is 11.3. The molecule has 98 valence electrons. The minimum Gasteiger partial charge on any atom is -0.298 e. The molecule has 0 radical (unpaired) electrons. The second-order valence-corrected chi connectivity index (χ2v) is 4.95. The normalized spacial score (nSPS) is 20.9. The van der Waals surface area contributed by atoms with Gasteiger partial charge in [-0.05, 0) is 6.42 Å². The minimum absolute atomic E-state index is 0.190. The molecule has 0 bridgehead atoms. The summed E-state index contributed by atoms with van der Waals surface area (Å²) >= 11 is 1.30. The molecule has 9 heteroatoms. The lowest BCUT2D eigenvalue weighted by atomic mass is 10.1. The van der Waals surface area contributed by atoms with Gasteiger partial charge in [-0.2, -0.15) is 0 Å². The third-order valence-corrected chi connectivity index (χ3v) is 3.51. The number of amides is 2. The summed E-state index contributed by atoms with van der Waals surface area (Å²) in [5.41, 5.74) is 2.41. The van der Waals surface area contributed by atoms with Gasteiger partial charge >= 0.3 is 0 Å². The Kier molecular flexibility index (Phi) is 3.84. The van der Waals surface area contributed by atoms with Crippen LogP contribution < -0.4 is 16.6 Å². The van der Waals surface area contributed by atoms with Crippen LogP contribution in [0, 0.1) is 0 Å². The van der Waals surface area contributed by atoms with Crippen LogP contribution >= 0.6 is 11.3 Å². The number of hydrazine groups is 1. The van der Waals surface area contributed by atoms with Crippen LogP contribution in [-0.4, -0.2) is 39.5 Å². The van der Waals surface area contributed by atoms with Crippen molar-refractivity contribution in [3.05, 3.63) is 5.01 Å². The molecule has 0 spiro atoms. The topological polar surface area (TPSA) is 113 Å². The van der Waals surface area contributed by atoms with E-state index in [4.69, 9.17) is 5.84 Å². The predicted molar refractivity (Wildman–Crippen MR) is 65.4 cm³/mol. The Morgan fingerprint density at radius 2 is 2.33 bits per heavy atom. The van der Waals surface area contributed by atoms with Gasteiger partial charge in [-0.15, -0.1) is 10.2 Å². The number of imide groups is 1. The molecule has 2 heterocycles. The van der Waals surface area contributed by atoms with Crippen molar-refractivity contribution in [1.29, 1.82) is 0 Å². The summed E-state index contributed by atoms with van der Waals surface area (Å²) in [6.07, 6.45) is 0.639. The van der Waals surface area contributed by atoms with Gasteiger partial charge < -0.3 is 0 Å². The first kappa shape index (κ1) is 12.9. The van der Waals surface area contributed by atoms with Crippen molar-refractivity contribution in [1.82, 2.24) is 20.4 Å². The van der Waals surface area contributed by atoms with Gasteiger partial charge in [-0.1, -0.05) is 18.3 Å². The SMILES string of the molecule is CCC1C(=O)NC(=O)CN1Cc1nnc(NN)s1. The van der Waals surface area contributed by atoms with Gasteiger partial charge in [0.05, 0.1) is 19.1 Å². The first-order chi connectivity index (χ1) is 8.63. The minimum atomic E-state index is -0.305. The molecule has 1 fully saturated rings. The Bertz CT molecular complexity index is 462. The number of hydrogen-bond donors (Lipinski definition) is 3. The van der Waals surface area contributed by atoms with Gasteiger partial charge in [0, 0.05) is 0 Å². The number of piperazine rings is 1. The van der Waals surface area contributed by atoms with E-state index in [2.05, 4.69) is 20.9 Å². The molecule has 2 rings (SSSR count). The fourth-order valence-electron chi connectivity index (χ4n) is 1.88. The molecule has 1 aromatic rings. The first-order valence-electron chi connectivity index (χ1n) is 5.50. The molecule has 1 saturated heterocycles. The number of rotatable bonds is 4. The van der Waals surface area contributed by atoms with Gasteiger partial charge in [0.1, 0.15) is 5.01 Å². The molecule has 0 aromatic carbocycles. The molecule has 0 aliphatic carbocycles. The van der Waals surface area contributed by atoms with Gasteiger partial charge in [0.25, 0.3) is 0 Å². The van der Waals surface area contributed by atoms with Crippen LogP contribution in [0.15, 0.2) is 0 Å². The molecule has 4 N–H and O–H groups in total. The number of carbonyl (C=O) groups is 2. The van der Waals surface area contributed by atoms with E-state index in [0.29, 0.717) is 23.1 Å². The van der Waals surface area contributed by atoms with Gasteiger partial charge in [0.2, 0.25) is 16.9 Å². The molecule has 1 aromatic heterocycles. The van der Waals surface area contributed by atoms with Crippen LogP contribution in [-0.2, 0) is 16.1 Å². The highest BCUT2D eigenvalue weighted by Gasteiger charge is 2.32. The summed E-state index contributed by atoms with van der Waals surface area (Å²) in [4.78, 5) is 24.8. The largest absolute Gasteiger partial charge is 0.298 e. The van der Waals surface area contributed by atoms with E-state index in [0.717, 1.165) is 0 Å². The van der Waals surface area contributed by atoms with E-state index in [1.54, 1.807) is 4.90 Å². The summed E-state index contributed by atoms with van der Waals surface area (Å²) in [6, 6.07) is -0.305. The van der Waals surface area contributed by atoms with Crippen molar-refractivity contribution in [2.75, 3.05) is 12.0 Å². The van der Waals surface area contributed by atoms with Crippen LogP contribution in [0.4, 0.5) is 5.13 Å². The Labute approximate surface area is 108 Å². The van der Waals surface area contributed by atoms with Crippen LogP contribution in [0.3, 0.4) is 0 Å². The van der Waals surface area contributed by atoms with E-state index in [1.165, 1.54) is 11.3 Å². The molecule has 0 saturated carbocycles. The molecule has 8 nitrogen and oxygen atoms in total. The van der Waals surface area contributed by atoms with Gasteiger partial charge in [0.15, 0.2) is 0 Å². The van der Waals surface area contributed by atoms with E-state index < -0.39 is 0 Å². The monoisotopic (exact) mass is 270 g/mol. The number of nitrogen functional groups attached to an aromatic ring is 1. The summed E-state index contributed by atoms with van der Waals surface area (Å²) in [7, 11) is 0. The van der Waals surface area contributed by atoms with Crippen LogP contribution in [0.25, 0.3) is 0 Å². The Morgan fingerprint density at radius 1 is 1.56 bits per heavy atom. The molecule has 2 amide bonds. The highest BCUT2D eigenvalue weighted by atomic mass is 32.1. The Balaban J connectivity index is 2.09. The lowest BCUT2D eigenvalue weighted by Gasteiger charge is -2.32. The number of nitrogens with one attached hydrogen (secondary N) is 2. The summed E-state index contributed by atoms with van der Waals surface area (Å²) in [6.45, 7) is 2.51. The van der Waals surface area contributed by atoms with Crippen molar-refractivity contribution in [3.63, 3.8) is 0 Å². The lowest BCUT2D eigenvalue weighted by Crippen LogP contribution is -2.57. The van der Waals surface area contributed by atoms with Crippen molar-refractivity contribution < 1.29 is 9.59 Å². The van der Waals surface area contributed by atoms with Crippen molar-refractivity contribution in [2.45, 2.75) is 25.9 Å². The molecule has 1 aliphatic rings. The molecule has 18 heavy (non-hydrogen) atoms. The second-order valence-electron chi connectivity index (χ2n) is 3.89. The molecular formula is C9H14N6O2S. The summed E-state index contributed by atoms with van der Waals surface area (Å²) < 4.78 is 0. The maximum absolute atomic E-state index is 11.7. The Hall–Kier alpha value is -1.58.